The Labute approximate surface area is 59.9 Å². The van der Waals surface area contributed by atoms with Crippen molar-refractivity contribution in [2.75, 3.05) is 21.1 Å². The standard InChI is InChI=1S/C7H20BN/c1-6-7(2)8-9(3,4)5/h7H,6,8H2,1-5H3/t7-/m0/s1. The van der Waals surface area contributed by atoms with Crippen LogP contribution in [0.3, 0.4) is 0 Å². The quantitative estimate of drug-likeness (QED) is 0.498. The minimum Gasteiger partial charge on any atom is -0.527 e. The molecule has 0 rings (SSSR count). The monoisotopic (exact) mass is 129 g/mol. The fraction of sp³-hybridized carbons (Fsp3) is 1.00. The summed E-state index contributed by atoms with van der Waals surface area (Å²) < 4.78 is 1.22. The minimum atomic E-state index is 0.229. The summed E-state index contributed by atoms with van der Waals surface area (Å²) in [5.41, 5.74) is 0. The molecular weight excluding hydrogens is 109 g/mol. The fourth-order valence-electron chi connectivity index (χ4n) is 1.50. The first-order valence-corrected chi connectivity index (χ1v) is 4.06. The highest BCUT2D eigenvalue weighted by molar-refractivity contribution is 6.28. The largest absolute Gasteiger partial charge is 0.527 e. The van der Waals surface area contributed by atoms with Crippen LogP contribution in [0, 0.1) is 0 Å². The van der Waals surface area contributed by atoms with E-state index in [1.54, 1.807) is 0 Å². The molecule has 0 spiro atoms. The molecule has 0 saturated carbocycles. The Morgan fingerprint density at radius 2 is 1.78 bits per heavy atom. The second kappa shape index (κ2) is 3.26. The van der Waals surface area contributed by atoms with E-state index in [0.29, 0.717) is 0 Å². The van der Waals surface area contributed by atoms with Gasteiger partial charge in [-0.2, -0.15) is 0 Å². The molecule has 0 amide bonds. The smallest absolute Gasteiger partial charge is 0.184 e. The number of nitrogens with zero attached hydrogens (tertiary/aromatic N) is 1. The van der Waals surface area contributed by atoms with Crippen LogP contribution in [0.4, 0.5) is 0 Å². The highest BCUT2D eigenvalue weighted by atomic mass is 15.2. The number of hydrogen-bond donors (Lipinski definition) is 0. The van der Waals surface area contributed by atoms with E-state index in [1.165, 1.54) is 10.8 Å². The molecule has 0 aromatic heterocycles. The molecule has 0 radical (unpaired) electrons. The van der Waals surface area contributed by atoms with E-state index in [0.717, 1.165) is 5.82 Å². The first-order chi connectivity index (χ1) is 3.95. The van der Waals surface area contributed by atoms with Crippen LogP contribution in [0.25, 0.3) is 0 Å². The van der Waals surface area contributed by atoms with Crippen LogP contribution in [-0.4, -0.2) is 33.0 Å². The fourth-order valence-corrected chi connectivity index (χ4v) is 1.50. The van der Waals surface area contributed by atoms with E-state index in [9.17, 15) is 0 Å². The average molecular weight is 129 g/mol. The zero-order valence-corrected chi connectivity index (χ0v) is 7.73. The Hall–Kier alpha value is 0.0249. The number of quaternary nitrogens is 1. The molecule has 1 nitrogen and oxygen atoms in total. The van der Waals surface area contributed by atoms with Gasteiger partial charge < -0.3 is 4.39 Å². The first-order valence-electron chi connectivity index (χ1n) is 4.06. The summed E-state index contributed by atoms with van der Waals surface area (Å²) in [4.78, 5) is 0. The molecule has 0 heterocycles. The third kappa shape index (κ3) is 5.90. The van der Waals surface area contributed by atoms with E-state index in [-0.39, 0.29) is 7.41 Å². The maximum Gasteiger partial charge on any atom is 0.184 e. The van der Waals surface area contributed by atoms with Gasteiger partial charge in [0.05, 0.1) is 0 Å². The molecule has 0 aliphatic carbocycles. The Kier molecular flexibility index (Phi) is 3.27. The second-order valence-electron chi connectivity index (χ2n) is 4.74. The lowest BCUT2D eigenvalue weighted by molar-refractivity contribution is -0.756. The second-order valence-corrected chi connectivity index (χ2v) is 4.74. The molecule has 0 aliphatic rings. The Bertz CT molecular complexity index is 75.5. The molecular formula is C7H20BN. The zero-order chi connectivity index (χ0) is 7.49. The molecule has 1 atom stereocenters. The van der Waals surface area contributed by atoms with Gasteiger partial charge in [-0.05, 0) is 0 Å². The predicted molar refractivity (Wildman–Crippen MR) is 46.3 cm³/mol. The van der Waals surface area contributed by atoms with Crippen LogP contribution in [0.2, 0.25) is 5.82 Å². The lowest BCUT2D eigenvalue weighted by atomic mass is 9.72. The molecule has 9 heavy (non-hydrogen) atoms. The average Bonchev–Trinajstić information content (AvgIpc) is 1.62. The van der Waals surface area contributed by atoms with E-state index < -0.39 is 0 Å². The van der Waals surface area contributed by atoms with Crippen molar-refractivity contribution >= 4 is 7.41 Å². The molecule has 0 aromatic carbocycles. The number of hydrogen-bond acceptors (Lipinski definition) is 0. The summed E-state index contributed by atoms with van der Waals surface area (Å²) in [6.07, 6.45) is 1.36. The van der Waals surface area contributed by atoms with E-state index in [1.807, 2.05) is 0 Å². The van der Waals surface area contributed by atoms with Crippen molar-refractivity contribution in [2.24, 2.45) is 0 Å². The van der Waals surface area contributed by atoms with Crippen LogP contribution in [-0.2, 0) is 0 Å². The highest BCUT2D eigenvalue weighted by Gasteiger charge is 2.04. The van der Waals surface area contributed by atoms with Gasteiger partial charge >= 0.3 is 0 Å². The van der Waals surface area contributed by atoms with Crippen LogP contribution in [0.5, 0.6) is 0 Å². The Balaban J connectivity index is 3.47. The molecule has 0 aliphatic heterocycles. The molecule has 0 N–H and O–H groups in total. The minimum absolute atomic E-state index is 0.229. The van der Waals surface area contributed by atoms with E-state index in [4.69, 9.17) is 0 Å². The maximum absolute atomic E-state index is 2.36. The van der Waals surface area contributed by atoms with Gasteiger partial charge in [0, 0.05) is 21.1 Å². The molecule has 0 bridgehead atoms. The van der Waals surface area contributed by atoms with Gasteiger partial charge in [-0.1, -0.05) is 20.3 Å². The van der Waals surface area contributed by atoms with Gasteiger partial charge in [0.1, 0.15) is 0 Å². The summed E-state index contributed by atoms with van der Waals surface area (Å²) in [6, 6.07) is 0. The third-order valence-electron chi connectivity index (χ3n) is 2.03. The van der Waals surface area contributed by atoms with Crippen LogP contribution < -0.4 is 0 Å². The first kappa shape index (κ1) is 9.02. The van der Waals surface area contributed by atoms with Crippen LogP contribution >= 0.6 is 0 Å². The summed E-state index contributed by atoms with van der Waals surface area (Å²) in [6.45, 7) is 4.65. The van der Waals surface area contributed by atoms with Crippen molar-refractivity contribution in [1.82, 2.24) is 0 Å². The summed E-state index contributed by atoms with van der Waals surface area (Å²) >= 11 is 0. The molecule has 0 unspecified atom stereocenters. The van der Waals surface area contributed by atoms with Crippen molar-refractivity contribution in [2.45, 2.75) is 26.1 Å². The molecule has 0 saturated heterocycles. The summed E-state index contributed by atoms with van der Waals surface area (Å²) in [5.74, 6) is 0.991. The normalized spacial score (nSPS) is 15.7. The molecule has 0 fully saturated rings. The van der Waals surface area contributed by atoms with Crippen molar-refractivity contribution in [3.63, 3.8) is 0 Å². The van der Waals surface area contributed by atoms with Gasteiger partial charge in [-0.15, -0.1) is 5.82 Å². The predicted octanol–water partition coefficient (Wildman–Crippen LogP) is 0.995. The summed E-state index contributed by atoms with van der Waals surface area (Å²) in [7, 11) is 7.12. The van der Waals surface area contributed by atoms with Crippen LogP contribution in [0.1, 0.15) is 20.3 Å². The lowest BCUT2D eigenvalue weighted by Crippen LogP contribution is -2.40. The van der Waals surface area contributed by atoms with Gasteiger partial charge in [-0.3, -0.25) is 0 Å². The van der Waals surface area contributed by atoms with Gasteiger partial charge in [0.2, 0.25) is 0 Å². The van der Waals surface area contributed by atoms with E-state index in [2.05, 4.69) is 35.0 Å². The van der Waals surface area contributed by atoms with Gasteiger partial charge in [-0.25, -0.2) is 0 Å². The van der Waals surface area contributed by atoms with Gasteiger partial charge in [0.25, 0.3) is 0 Å². The van der Waals surface area contributed by atoms with Crippen molar-refractivity contribution < 1.29 is 4.39 Å². The molecule has 0 aromatic rings. The van der Waals surface area contributed by atoms with Crippen molar-refractivity contribution in [3.05, 3.63) is 0 Å². The maximum atomic E-state index is 2.36. The molecule has 2 heteroatoms. The lowest BCUT2D eigenvalue weighted by Gasteiger charge is -2.36. The van der Waals surface area contributed by atoms with E-state index >= 15 is 0 Å². The molecule has 56 valence electrons. The topological polar surface area (TPSA) is 0 Å². The third-order valence-corrected chi connectivity index (χ3v) is 2.03. The Morgan fingerprint density at radius 3 is 1.89 bits per heavy atom. The number of rotatable bonds is 3. The van der Waals surface area contributed by atoms with Crippen molar-refractivity contribution in [1.29, 1.82) is 0 Å². The van der Waals surface area contributed by atoms with Gasteiger partial charge in [0.15, 0.2) is 7.41 Å². The van der Waals surface area contributed by atoms with Crippen LogP contribution in [0.15, 0.2) is 0 Å². The Morgan fingerprint density at radius 1 is 1.33 bits per heavy atom. The highest BCUT2D eigenvalue weighted by Crippen LogP contribution is 2.08. The SMILES string of the molecule is CC[C@H](C)[BH2-][N+](C)(C)C. The van der Waals surface area contributed by atoms with Crippen molar-refractivity contribution in [3.8, 4) is 0 Å². The summed E-state index contributed by atoms with van der Waals surface area (Å²) in [5, 5.41) is 0. The zero-order valence-electron chi connectivity index (χ0n) is 7.73.